The monoisotopic (exact) mass is 403 g/mol. The number of piperidine rings is 1. The lowest BCUT2D eigenvalue weighted by Crippen LogP contribution is -2.43. The Bertz CT molecular complexity index is 778. The summed E-state index contributed by atoms with van der Waals surface area (Å²) in [6.45, 7) is 8.85. The number of nitrogens with zero attached hydrogens (tertiary/aromatic N) is 4. The van der Waals surface area contributed by atoms with Gasteiger partial charge < -0.3 is 15.1 Å². The number of carbonyl (C=O) groups is 3. The van der Waals surface area contributed by atoms with Crippen LogP contribution in [-0.4, -0.2) is 63.5 Å². The molecule has 3 rings (SSSR count). The molecule has 0 radical (unpaired) electrons. The maximum atomic E-state index is 13.2. The molecule has 0 unspecified atom stereocenters. The summed E-state index contributed by atoms with van der Waals surface area (Å²) in [7, 11) is 1.86. The molecule has 2 aliphatic heterocycles. The van der Waals surface area contributed by atoms with Gasteiger partial charge >= 0.3 is 0 Å². The highest BCUT2D eigenvalue weighted by Crippen LogP contribution is 2.26. The fraction of sp³-hybridized carbons (Fsp3) is 0.714. The van der Waals surface area contributed by atoms with E-state index in [1.807, 2.05) is 32.7 Å². The van der Waals surface area contributed by atoms with Gasteiger partial charge in [0.05, 0.1) is 0 Å². The van der Waals surface area contributed by atoms with Gasteiger partial charge in [-0.15, -0.1) is 0 Å². The van der Waals surface area contributed by atoms with Gasteiger partial charge in [-0.25, -0.2) is 0 Å². The van der Waals surface area contributed by atoms with Crippen LogP contribution >= 0.6 is 0 Å². The Morgan fingerprint density at radius 2 is 1.83 bits per heavy atom. The van der Waals surface area contributed by atoms with Crippen molar-refractivity contribution in [1.29, 1.82) is 0 Å². The van der Waals surface area contributed by atoms with Crippen molar-refractivity contribution in [2.24, 2.45) is 18.9 Å². The number of rotatable bonds is 5. The first kappa shape index (κ1) is 21.3. The van der Waals surface area contributed by atoms with Crippen LogP contribution in [0.2, 0.25) is 0 Å². The molecule has 0 atom stereocenters. The van der Waals surface area contributed by atoms with Crippen LogP contribution in [-0.2, 0) is 29.6 Å². The van der Waals surface area contributed by atoms with E-state index in [1.54, 1.807) is 9.58 Å². The number of carbonyl (C=O) groups excluding carboxylic acids is 3. The first-order valence-electron chi connectivity index (χ1n) is 10.7. The van der Waals surface area contributed by atoms with Crippen molar-refractivity contribution in [3.63, 3.8) is 0 Å². The predicted molar refractivity (Wildman–Crippen MR) is 109 cm³/mol. The first-order valence-corrected chi connectivity index (χ1v) is 10.7. The third kappa shape index (κ3) is 4.62. The lowest BCUT2D eigenvalue weighted by atomic mass is 9.95. The molecule has 1 saturated heterocycles. The maximum absolute atomic E-state index is 13.2. The van der Waals surface area contributed by atoms with Crippen LogP contribution in [0.15, 0.2) is 0 Å². The van der Waals surface area contributed by atoms with Crippen LogP contribution < -0.4 is 5.32 Å². The molecule has 2 aliphatic rings. The minimum Gasteiger partial charge on any atom is -0.356 e. The third-order valence-corrected chi connectivity index (χ3v) is 5.88. The number of aromatic nitrogens is 2. The van der Waals surface area contributed by atoms with Crippen LogP contribution in [0.1, 0.15) is 61.8 Å². The Morgan fingerprint density at radius 3 is 2.45 bits per heavy atom. The summed E-state index contributed by atoms with van der Waals surface area (Å²) < 4.78 is 1.79. The van der Waals surface area contributed by atoms with Crippen molar-refractivity contribution in [3.05, 3.63) is 17.0 Å². The zero-order valence-electron chi connectivity index (χ0n) is 18.0. The second kappa shape index (κ2) is 8.97. The lowest BCUT2D eigenvalue weighted by Gasteiger charge is -2.32. The molecule has 160 valence electrons. The predicted octanol–water partition coefficient (Wildman–Crippen LogP) is 1.34. The first-order chi connectivity index (χ1) is 13.8. The fourth-order valence-corrected chi connectivity index (χ4v) is 4.27. The van der Waals surface area contributed by atoms with Gasteiger partial charge in [0.2, 0.25) is 11.8 Å². The molecule has 29 heavy (non-hydrogen) atoms. The Balaban J connectivity index is 1.70. The molecule has 8 nitrogen and oxygen atoms in total. The summed E-state index contributed by atoms with van der Waals surface area (Å²) in [5, 5.41) is 7.38. The van der Waals surface area contributed by atoms with E-state index in [9.17, 15) is 14.4 Å². The summed E-state index contributed by atoms with van der Waals surface area (Å²) in [6.07, 6.45) is 2.58. The molecule has 3 heterocycles. The van der Waals surface area contributed by atoms with E-state index in [2.05, 4.69) is 10.4 Å². The van der Waals surface area contributed by atoms with Crippen LogP contribution in [0.4, 0.5) is 0 Å². The number of amides is 3. The molecule has 0 aliphatic carbocycles. The molecule has 1 N–H and O–H groups in total. The van der Waals surface area contributed by atoms with Crippen molar-refractivity contribution in [2.45, 2.75) is 53.0 Å². The van der Waals surface area contributed by atoms with Crippen LogP contribution in [0, 0.1) is 11.8 Å². The molecule has 0 bridgehead atoms. The quantitative estimate of drug-likeness (QED) is 0.804. The van der Waals surface area contributed by atoms with Gasteiger partial charge in [-0.05, 0) is 25.7 Å². The summed E-state index contributed by atoms with van der Waals surface area (Å²) >= 11 is 0. The van der Waals surface area contributed by atoms with Gasteiger partial charge in [0, 0.05) is 69.8 Å². The topological polar surface area (TPSA) is 87.5 Å². The van der Waals surface area contributed by atoms with Crippen LogP contribution in [0.25, 0.3) is 0 Å². The molecule has 3 amide bonds. The zero-order valence-corrected chi connectivity index (χ0v) is 18.0. The number of aryl methyl sites for hydroxylation is 1. The summed E-state index contributed by atoms with van der Waals surface area (Å²) in [6, 6.07) is 0. The third-order valence-electron chi connectivity index (χ3n) is 5.88. The van der Waals surface area contributed by atoms with E-state index < -0.39 is 0 Å². The minimum absolute atomic E-state index is 0.0270. The number of nitrogens with one attached hydrogen (secondary N) is 1. The van der Waals surface area contributed by atoms with Crippen molar-refractivity contribution in [2.75, 3.05) is 26.2 Å². The average Bonchev–Trinajstić information content (AvgIpc) is 3.03. The van der Waals surface area contributed by atoms with E-state index in [0.717, 1.165) is 17.7 Å². The van der Waals surface area contributed by atoms with Crippen molar-refractivity contribution >= 4 is 17.7 Å². The Labute approximate surface area is 172 Å². The fourth-order valence-electron chi connectivity index (χ4n) is 4.27. The minimum atomic E-state index is -0.0886. The van der Waals surface area contributed by atoms with Crippen LogP contribution in [0.3, 0.4) is 0 Å². The van der Waals surface area contributed by atoms with E-state index >= 15 is 0 Å². The molecule has 1 fully saturated rings. The highest BCUT2D eigenvalue weighted by Gasteiger charge is 2.33. The largest absolute Gasteiger partial charge is 0.356 e. The number of hydrogen-bond acceptors (Lipinski definition) is 4. The molecule has 0 spiro atoms. The Kier molecular flexibility index (Phi) is 6.59. The molecule has 1 aromatic rings. The standard InChI is InChI=1S/C21H33N5O3/c1-5-22-20(28)15-6-9-25(10-7-15)21(29)19-16-13-26(18(27)12-14(2)3)11-8-17(16)24(4)23-19/h14-15H,5-13H2,1-4H3,(H,22,28). The van der Waals surface area contributed by atoms with Crippen LogP contribution in [0.5, 0.6) is 0 Å². The van der Waals surface area contributed by atoms with E-state index in [-0.39, 0.29) is 23.6 Å². The molecule has 0 saturated carbocycles. The van der Waals surface area contributed by atoms with E-state index in [0.29, 0.717) is 63.6 Å². The number of hydrogen-bond donors (Lipinski definition) is 1. The van der Waals surface area contributed by atoms with Crippen molar-refractivity contribution in [3.8, 4) is 0 Å². The maximum Gasteiger partial charge on any atom is 0.274 e. The molecule has 8 heteroatoms. The second-order valence-corrected chi connectivity index (χ2v) is 8.52. The summed E-state index contributed by atoms with van der Waals surface area (Å²) in [4.78, 5) is 41.4. The SMILES string of the molecule is CCNC(=O)C1CCN(C(=O)c2nn(C)c3c2CN(C(=O)CC(C)C)CC3)CC1. The van der Waals surface area contributed by atoms with Gasteiger partial charge in [-0.1, -0.05) is 13.8 Å². The van der Waals surface area contributed by atoms with Crippen molar-refractivity contribution in [1.82, 2.24) is 24.9 Å². The molecular formula is C21H33N5O3. The van der Waals surface area contributed by atoms with E-state index in [1.165, 1.54) is 0 Å². The molecule has 0 aromatic carbocycles. The van der Waals surface area contributed by atoms with Gasteiger partial charge in [0.15, 0.2) is 5.69 Å². The highest BCUT2D eigenvalue weighted by molar-refractivity contribution is 5.94. The summed E-state index contributed by atoms with van der Waals surface area (Å²) in [5.41, 5.74) is 2.38. The smallest absolute Gasteiger partial charge is 0.274 e. The van der Waals surface area contributed by atoms with Gasteiger partial charge in [0.1, 0.15) is 0 Å². The van der Waals surface area contributed by atoms with Gasteiger partial charge in [-0.2, -0.15) is 5.10 Å². The normalized spacial score (nSPS) is 17.4. The zero-order chi connectivity index (χ0) is 21.1. The Hall–Kier alpha value is -2.38. The molecule has 1 aromatic heterocycles. The summed E-state index contributed by atoms with van der Waals surface area (Å²) in [5.74, 6) is 0.407. The second-order valence-electron chi connectivity index (χ2n) is 8.52. The lowest BCUT2D eigenvalue weighted by molar-refractivity contribution is -0.133. The van der Waals surface area contributed by atoms with E-state index in [4.69, 9.17) is 0 Å². The highest BCUT2D eigenvalue weighted by atomic mass is 16.2. The molecular weight excluding hydrogens is 370 g/mol. The average molecular weight is 404 g/mol. The Morgan fingerprint density at radius 1 is 1.14 bits per heavy atom. The number of likely N-dealkylation sites (tertiary alicyclic amines) is 1. The van der Waals surface area contributed by atoms with Gasteiger partial charge in [-0.3, -0.25) is 19.1 Å². The van der Waals surface area contributed by atoms with Crippen molar-refractivity contribution < 1.29 is 14.4 Å². The van der Waals surface area contributed by atoms with Gasteiger partial charge in [0.25, 0.3) is 5.91 Å². The number of fused-ring (bicyclic) bond motifs is 1.